The Morgan fingerprint density at radius 1 is 0.923 bits per heavy atom. The fourth-order valence-corrected chi connectivity index (χ4v) is 2.66. The SMILES string of the molecule is CCOCCOc1ccc(CNCc2cc(OC)c(OC)cc2Cl)cc1. The van der Waals surface area contributed by atoms with Crippen LogP contribution < -0.4 is 19.5 Å². The Morgan fingerprint density at radius 2 is 1.62 bits per heavy atom. The number of benzene rings is 2. The van der Waals surface area contributed by atoms with Crippen molar-refractivity contribution in [2.75, 3.05) is 34.0 Å². The van der Waals surface area contributed by atoms with Crippen LogP contribution in [0.3, 0.4) is 0 Å². The molecule has 0 saturated heterocycles. The number of nitrogens with one attached hydrogen (secondary N) is 1. The van der Waals surface area contributed by atoms with Crippen molar-refractivity contribution in [2.45, 2.75) is 20.0 Å². The van der Waals surface area contributed by atoms with Crippen LogP contribution in [0.15, 0.2) is 36.4 Å². The van der Waals surface area contributed by atoms with Gasteiger partial charge in [-0.3, -0.25) is 0 Å². The molecule has 0 radical (unpaired) electrons. The summed E-state index contributed by atoms with van der Waals surface area (Å²) in [5.41, 5.74) is 2.12. The predicted octanol–water partition coefficient (Wildman–Crippen LogP) is 4.06. The molecule has 0 aliphatic heterocycles. The van der Waals surface area contributed by atoms with E-state index in [1.165, 1.54) is 5.56 Å². The summed E-state index contributed by atoms with van der Waals surface area (Å²) in [6.45, 7) is 5.19. The van der Waals surface area contributed by atoms with Crippen LogP contribution in [-0.2, 0) is 17.8 Å². The Bertz CT molecular complexity index is 676. The third-order valence-electron chi connectivity index (χ3n) is 3.82. The minimum atomic E-state index is 0.559. The van der Waals surface area contributed by atoms with Crippen LogP contribution in [0.2, 0.25) is 5.02 Å². The normalized spacial score (nSPS) is 10.6. The molecule has 26 heavy (non-hydrogen) atoms. The quantitative estimate of drug-likeness (QED) is 0.596. The Balaban J connectivity index is 1.84. The molecule has 0 aromatic heterocycles. The largest absolute Gasteiger partial charge is 0.493 e. The summed E-state index contributed by atoms with van der Waals surface area (Å²) in [6, 6.07) is 11.7. The van der Waals surface area contributed by atoms with Crippen molar-refractivity contribution >= 4 is 11.6 Å². The van der Waals surface area contributed by atoms with Crippen LogP contribution in [0.25, 0.3) is 0 Å². The third kappa shape index (κ3) is 6.09. The van der Waals surface area contributed by atoms with Gasteiger partial charge in [0.05, 0.1) is 20.8 Å². The number of hydrogen-bond donors (Lipinski definition) is 1. The summed E-state index contributed by atoms with van der Waals surface area (Å²) in [7, 11) is 3.21. The molecule has 0 aliphatic carbocycles. The zero-order valence-electron chi connectivity index (χ0n) is 15.5. The lowest BCUT2D eigenvalue weighted by Gasteiger charge is -2.12. The molecular weight excluding hydrogens is 354 g/mol. The lowest BCUT2D eigenvalue weighted by molar-refractivity contribution is 0.110. The first-order valence-electron chi connectivity index (χ1n) is 8.58. The van der Waals surface area contributed by atoms with Gasteiger partial charge in [-0.25, -0.2) is 0 Å². The summed E-state index contributed by atoms with van der Waals surface area (Å²) < 4.78 is 21.4. The van der Waals surface area contributed by atoms with E-state index in [0.29, 0.717) is 42.9 Å². The maximum Gasteiger partial charge on any atom is 0.162 e. The van der Waals surface area contributed by atoms with E-state index in [9.17, 15) is 0 Å². The van der Waals surface area contributed by atoms with Gasteiger partial charge in [-0.2, -0.15) is 0 Å². The van der Waals surface area contributed by atoms with Crippen LogP contribution >= 0.6 is 11.6 Å². The van der Waals surface area contributed by atoms with Gasteiger partial charge in [0, 0.05) is 30.8 Å². The van der Waals surface area contributed by atoms with E-state index in [2.05, 4.69) is 5.32 Å². The Morgan fingerprint density at radius 3 is 2.27 bits per heavy atom. The van der Waals surface area contributed by atoms with Crippen LogP contribution in [0.5, 0.6) is 17.2 Å². The first kappa shape index (κ1) is 20.4. The molecule has 0 unspecified atom stereocenters. The average molecular weight is 380 g/mol. The lowest BCUT2D eigenvalue weighted by Crippen LogP contribution is -2.13. The summed E-state index contributed by atoms with van der Waals surface area (Å²) >= 11 is 6.31. The highest BCUT2D eigenvalue weighted by Gasteiger charge is 2.09. The smallest absolute Gasteiger partial charge is 0.162 e. The van der Waals surface area contributed by atoms with Gasteiger partial charge >= 0.3 is 0 Å². The second kappa shape index (κ2) is 10.9. The number of methoxy groups -OCH3 is 2. The Hall–Kier alpha value is -1.95. The predicted molar refractivity (Wildman–Crippen MR) is 104 cm³/mol. The molecule has 0 saturated carbocycles. The van der Waals surface area contributed by atoms with E-state index in [-0.39, 0.29) is 0 Å². The van der Waals surface area contributed by atoms with E-state index < -0.39 is 0 Å². The number of hydrogen-bond acceptors (Lipinski definition) is 5. The first-order chi connectivity index (χ1) is 12.7. The van der Waals surface area contributed by atoms with Gasteiger partial charge in [-0.15, -0.1) is 0 Å². The van der Waals surface area contributed by atoms with Gasteiger partial charge in [-0.1, -0.05) is 23.7 Å². The van der Waals surface area contributed by atoms with Crippen molar-refractivity contribution in [1.82, 2.24) is 5.32 Å². The van der Waals surface area contributed by atoms with E-state index in [1.54, 1.807) is 20.3 Å². The summed E-state index contributed by atoms with van der Waals surface area (Å²) in [5, 5.41) is 4.03. The van der Waals surface area contributed by atoms with Gasteiger partial charge in [0.1, 0.15) is 12.4 Å². The summed E-state index contributed by atoms with van der Waals surface area (Å²) in [5.74, 6) is 2.14. The van der Waals surface area contributed by atoms with Crippen molar-refractivity contribution < 1.29 is 18.9 Å². The molecule has 0 heterocycles. The fraction of sp³-hybridized carbons (Fsp3) is 0.400. The lowest BCUT2D eigenvalue weighted by atomic mass is 10.1. The van der Waals surface area contributed by atoms with Crippen molar-refractivity contribution in [3.63, 3.8) is 0 Å². The van der Waals surface area contributed by atoms with E-state index in [1.807, 2.05) is 37.3 Å². The second-order valence-corrected chi connectivity index (χ2v) is 6.00. The van der Waals surface area contributed by atoms with Gasteiger partial charge in [-0.05, 0) is 36.2 Å². The maximum absolute atomic E-state index is 6.31. The van der Waals surface area contributed by atoms with Crippen molar-refractivity contribution in [1.29, 1.82) is 0 Å². The molecule has 0 aliphatic rings. The van der Waals surface area contributed by atoms with Crippen molar-refractivity contribution in [2.24, 2.45) is 0 Å². The van der Waals surface area contributed by atoms with Crippen LogP contribution in [0, 0.1) is 0 Å². The van der Waals surface area contributed by atoms with E-state index in [4.69, 9.17) is 30.5 Å². The van der Waals surface area contributed by atoms with Crippen molar-refractivity contribution in [3.8, 4) is 17.2 Å². The molecule has 6 heteroatoms. The summed E-state index contributed by atoms with van der Waals surface area (Å²) in [4.78, 5) is 0. The molecule has 2 aromatic rings. The van der Waals surface area contributed by atoms with Gasteiger partial charge < -0.3 is 24.3 Å². The standard InChI is InChI=1S/C20H26ClNO4/c1-4-25-9-10-26-17-7-5-15(6-8-17)13-22-14-16-11-19(23-2)20(24-3)12-18(16)21/h5-8,11-12,22H,4,9-10,13-14H2,1-3H3. The van der Waals surface area contributed by atoms with E-state index >= 15 is 0 Å². The molecule has 0 bridgehead atoms. The van der Waals surface area contributed by atoms with Gasteiger partial charge in [0.15, 0.2) is 11.5 Å². The van der Waals surface area contributed by atoms with E-state index in [0.717, 1.165) is 17.9 Å². The number of ether oxygens (including phenoxy) is 4. The number of rotatable bonds is 11. The second-order valence-electron chi connectivity index (χ2n) is 5.59. The zero-order valence-corrected chi connectivity index (χ0v) is 16.3. The minimum absolute atomic E-state index is 0.559. The highest BCUT2D eigenvalue weighted by atomic mass is 35.5. The zero-order chi connectivity index (χ0) is 18.8. The monoisotopic (exact) mass is 379 g/mol. The molecule has 0 fully saturated rings. The molecule has 1 N–H and O–H groups in total. The molecular formula is C20H26ClNO4. The summed E-state index contributed by atoms with van der Waals surface area (Å²) in [6.07, 6.45) is 0. The van der Waals surface area contributed by atoms with Crippen LogP contribution in [0.1, 0.15) is 18.1 Å². The molecule has 0 amide bonds. The third-order valence-corrected chi connectivity index (χ3v) is 4.17. The molecule has 0 atom stereocenters. The highest BCUT2D eigenvalue weighted by Crippen LogP contribution is 2.33. The topological polar surface area (TPSA) is 49.0 Å². The molecule has 0 spiro atoms. The molecule has 2 aromatic carbocycles. The molecule has 142 valence electrons. The molecule has 5 nitrogen and oxygen atoms in total. The van der Waals surface area contributed by atoms with Crippen molar-refractivity contribution in [3.05, 3.63) is 52.5 Å². The minimum Gasteiger partial charge on any atom is -0.493 e. The van der Waals surface area contributed by atoms with Crippen LogP contribution in [0.4, 0.5) is 0 Å². The Labute approximate surface area is 160 Å². The Kier molecular flexibility index (Phi) is 8.54. The van der Waals surface area contributed by atoms with Gasteiger partial charge in [0.2, 0.25) is 0 Å². The van der Waals surface area contributed by atoms with Gasteiger partial charge in [0.25, 0.3) is 0 Å². The average Bonchev–Trinajstić information content (AvgIpc) is 2.67. The highest BCUT2D eigenvalue weighted by molar-refractivity contribution is 6.31. The number of halogens is 1. The fourth-order valence-electron chi connectivity index (χ4n) is 2.44. The first-order valence-corrected chi connectivity index (χ1v) is 8.96. The molecule has 2 rings (SSSR count). The van der Waals surface area contributed by atoms with Crippen LogP contribution in [-0.4, -0.2) is 34.0 Å². The maximum atomic E-state index is 6.31.